The van der Waals surface area contributed by atoms with E-state index in [4.69, 9.17) is 0 Å². The van der Waals surface area contributed by atoms with Crippen molar-refractivity contribution in [1.82, 2.24) is 0 Å². The Morgan fingerprint density at radius 3 is 2.20 bits per heavy atom. The first-order valence-corrected chi connectivity index (χ1v) is 24.0. The van der Waals surface area contributed by atoms with Gasteiger partial charge in [-0.25, -0.2) is 0 Å². The third-order valence-electron chi connectivity index (χ3n) is 10.3. The molecule has 0 aliphatic carbocycles. The molecule has 0 atom stereocenters. The smallest absolute Gasteiger partial charge is 0.0636 e. The lowest BCUT2D eigenvalue weighted by Gasteiger charge is -2.30. The van der Waals surface area contributed by atoms with E-state index in [9.17, 15) is 0 Å². The number of benzene rings is 2. The van der Waals surface area contributed by atoms with E-state index in [1.54, 1.807) is 0 Å². The Bertz CT molecular complexity index is 2470. The SMILES string of the molecule is C/C=C\C=C(\C)CN(/C(=C\C)c1ccc(-c2sc(-c3sc(-c4cc5sc6ccsc6c5s4)cc3CCC)cc2CCCCCC)cc1)c1ccc(C)cc1C. The molecule has 7 aromatic rings. The van der Waals surface area contributed by atoms with Gasteiger partial charge >= 0.3 is 0 Å². The third-order valence-corrected chi connectivity index (χ3v) is 16.6. The molecule has 0 saturated carbocycles. The van der Waals surface area contributed by atoms with Crippen molar-refractivity contribution < 1.29 is 0 Å². The number of unbranched alkanes of at least 4 members (excludes halogenated alkanes) is 3. The molecule has 0 aliphatic rings. The molecule has 2 aromatic carbocycles. The zero-order chi connectivity index (χ0) is 38.5. The standard InChI is InChI=1S/C49H53NS5/c1-8-12-14-15-18-38-29-44(47-37(16-10-3)28-42(53-47)43-30-45-49(54-43)48-41(52-45)25-26-51-48)55-46(38)36-22-20-35(21-23-36)39(11-4)50(31-33(6)17-13-9-2)40-24-19-32(5)27-34(40)7/h9,11,13,17,19-30H,8,10,12,14-16,18,31H2,1-7H3/b13-9-,33-17-,39-11-. The van der Waals surface area contributed by atoms with Gasteiger partial charge in [-0.3, -0.25) is 0 Å². The van der Waals surface area contributed by atoms with Crippen LogP contribution in [0.2, 0.25) is 0 Å². The highest BCUT2D eigenvalue weighted by Gasteiger charge is 2.21. The Hall–Kier alpha value is -3.52. The van der Waals surface area contributed by atoms with Crippen LogP contribution < -0.4 is 4.90 Å². The molecule has 5 aromatic heterocycles. The van der Waals surface area contributed by atoms with Crippen molar-refractivity contribution in [3.8, 4) is 29.9 Å². The topological polar surface area (TPSA) is 3.24 Å². The molecule has 0 amide bonds. The van der Waals surface area contributed by atoms with Crippen LogP contribution in [-0.4, -0.2) is 6.54 Å². The lowest BCUT2D eigenvalue weighted by atomic mass is 10.0. The Morgan fingerprint density at radius 2 is 1.45 bits per heavy atom. The van der Waals surface area contributed by atoms with Crippen LogP contribution in [0.15, 0.2) is 102 Å². The summed E-state index contributed by atoms with van der Waals surface area (Å²) >= 11 is 9.82. The van der Waals surface area contributed by atoms with Crippen LogP contribution in [-0.2, 0) is 12.8 Å². The van der Waals surface area contributed by atoms with Crippen molar-refractivity contribution in [2.45, 2.75) is 93.4 Å². The van der Waals surface area contributed by atoms with Crippen molar-refractivity contribution in [3.05, 3.63) is 130 Å². The summed E-state index contributed by atoms with van der Waals surface area (Å²) in [6.07, 6.45) is 17.2. The summed E-state index contributed by atoms with van der Waals surface area (Å²) in [7, 11) is 0. The maximum Gasteiger partial charge on any atom is 0.0636 e. The summed E-state index contributed by atoms with van der Waals surface area (Å²) in [6.45, 7) is 16.4. The van der Waals surface area contributed by atoms with E-state index in [0.717, 1.165) is 25.8 Å². The quantitative estimate of drug-likeness (QED) is 0.0694. The molecule has 0 radical (unpaired) electrons. The number of anilines is 1. The Balaban J connectivity index is 1.24. The molecule has 6 heteroatoms. The van der Waals surface area contributed by atoms with Gasteiger partial charge in [0.1, 0.15) is 0 Å². The molecule has 7 rings (SSSR count). The number of allylic oxidation sites excluding steroid dienone is 4. The zero-order valence-electron chi connectivity index (χ0n) is 33.4. The van der Waals surface area contributed by atoms with Crippen LogP contribution in [0.3, 0.4) is 0 Å². The molecule has 0 N–H and O–H groups in total. The van der Waals surface area contributed by atoms with E-state index in [0.29, 0.717) is 0 Å². The number of nitrogens with zero attached hydrogens (tertiary/aromatic N) is 1. The highest BCUT2D eigenvalue weighted by Crippen LogP contribution is 2.50. The lowest BCUT2D eigenvalue weighted by Crippen LogP contribution is -2.24. The molecule has 5 heterocycles. The second-order valence-corrected chi connectivity index (χ2v) is 19.8. The number of hydrogen-bond acceptors (Lipinski definition) is 6. The van der Waals surface area contributed by atoms with E-state index in [1.165, 1.54) is 119 Å². The Labute approximate surface area is 349 Å². The zero-order valence-corrected chi connectivity index (χ0v) is 37.5. The van der Waals surface area contributed by atoms with E-state index in [-0.39, 0.29) is 0 Å². The maximum atomic E-state index is 2.55. The third kappa shape index (κ3) is 8.74. The van der Waals surface area contributed by atoms with Crippen LogP contribution in [0.5, 0.6) is 0 Å². The van der Waals surface area contributed by atoms with Crippen LogP contribution >= 0.6 is 56.7 Å². The number of hydrogen-bond donors (Lipinski definition) is 0. The molecule has 0 bridgehead atoms. The second-order valence-electron chi connectivity index (χ2n) is 14.7. The lowest BCUT2D eigenvalue weighted by molar-refractivity contribution is 0.668. The summed E-state index contributed by atoms with van der Waals surface area (Å²) in [4.78, 5) is 9.67. The number of thiophene rings is 5. The average molecular weight is 816 g/mol. The minimum absolute atomic E-state index is 0.830. The first kappa shape index (κ1) is 39.7. The fourth-order valence-corrected chi connectivity index (χ4v) is 14.0. The van der Waals surface area contributed by atoms with Crippen LogP contribution in [0.4, 0.5) is 5.69 Å². The number of rotatable bonds is 16. The Morgan fingerprint density at radius 1 is 0.691 bits per heavy atom. The van der Waals surface area contributed by atoms with Gasteiger partial charge in [-0.1, -0.05) is 111 Å². The van der Waals surface area contributed by atoms with Gasteiger partial charge < -0.3 is 4.90 Å². The van der Waals surface area contributed by atoms with Gasteiger partial charge in [0.25, 0.3) is 0 Å². The number of fused-ring (bicyclic) bond motifs is 3. The predicted octanol–water partition coefficient (Wildman–Crippen LogP) is 17.4. The molecule has 0 spiro atoms. The summed E-state index contributed by atoms with van der Waals surface area (Å²) in [5.74, 6) is 0. The van der Waals surface area contributed by atoms with Gasteiger partial charge in [0.2, 0.25) is 0 Å². The molecule has 0 unspecified atom stereocenters. The van der Waals surface area contributed by atoms with Crippen molar-refractivity contribution in [2.75, 3.05) is 11.4 Å². The van der Waals surface area contributed by atoms with Crippen LogP contribution in [0.25, 0.3) is 54.4 Å². The summed E-state index contributed by atoms with van der Waals surface area (Å²) in [5.41, 5.74) is 12.0. The van der Waals surface area contributed by atoms with Gasteiger partial charge in [0.15, 0.2) is 0 Å². The van der Waals surface area contributed by atoms with Gasteiger partial charge in [-0.2, -0.15) is 0 Å². The fraction of sp³-hybridized carbons (Fsp3) is 0.306. The molecule has 0 saturated heterocycles. The van der Waals surface area contributed by atoms with Gasteiger partial charge in [0, 0.05) is 51.7 Å². The van der Waals surface area contributed by atoms with Crippen molar-refractivity contribution in [2.24, 2.45) is 0 Å². The first-order chi connectivity index (χ1) is 26.8. The van der Waals surface area contributed by atoms with Gasteiger partial charge in [-0.05, 0) is 117 Å². The van der Waals surface area contributed by atoms with E-state index in [1.807, 2.05) is 56.7 Å². The molecule has 0 aliphatic heterocycles. The van der Waals surface area contributed by atoms with E-state index in [2.05, 4.69) is 150 Å². The second kappa shape index (κ2) is 18.2. The highest BCUT2D eigenvalue weighted by atomic mass is 32.1. The number of aryl methyl sites for hydroxylation is 4. The van der Waals surface area contributed by atoms with E-state index >= 15 is 0 Å². The van der Waals surface area contributed by atoms with E-state index < -0.39 is 0 Å². The molecule has 1 nitrogen and oxygen atoms in total. The first-order valence-electron chi connectivity index (χ1n) is 19.9. The van der Waals surface area contributed by atoms with Crippen molar-refractivity contribution in [1.29, 1.82) is 0 Å². The van der Waals surface area contributed by atoms with Crippen molar-refractivity contribution in [3.63, 3.8) is 0 Å². The minimum atomic E-state index is 0.830. The molecule has 284 valence electrons. The largest absolute Gasteiger partial charge is 0.337 e. The summed E-state index contributed by atoms with van der Waals surface area (Å²) in [6, 6.07) is 26.1. The summed E-state index contributed by atoms with van der Waals surface area (Å²) < 4.78 is 5.78. The predicted molar refractivity (Wildman–Crippen MR) is 254 cm³/mol. The van der Waals surface area contributed by atoms with Crippen LogP contribution in [0.1, 0.15) is 94.5 Å². The fourth-order valence-electron chi connectivity index (χ4n) is 7.56. The molecular weight excluding hydrogens is 763 g/mol. The minimum Gasteiger partial charge on any atom is -0.337 e. The molecular formula is C49H53NS5. The van der Waals surface area contributed by atoms with Gasteiger partial charge in [-0.15, -0.1) is 56.7 Å². The normalized spacial score (nSPS) is 12.6. The Kier molecular flexibility index (Phi) is 13.1. The average Bonchev–Trinajstić information content (AvgIpc) is 4.01. The monoisotopic (exact) mass is 815 g/mol. The van der Waals surface area contributed by atoms with Crippen molar-refractivity contribution >= 4 is 86.9 Å². The maximum absolute atomic E-state index is 2.55. The van der Waals surface area contributed by atoms with Gasteiger partial charge in [0.05, 0.1) is 9.40 Å². The van der Waals surface area contributed by atoms with Crippen LogP contribution in [0, 0.1) is 13.8 Å². The molecule has 0 fully saturated rings. The molecule has 55 heavy (non-hydrogen) atoms. The summed E-state index contributed by atoms with van der Waals surface area (Å²) in [5, 5.41) is 2.23. The highest BCUT2D eigenvalue weighted by molar-refractivity contribution is 7.39.